The molecule has 0 bridgehead atoms. The maximum absolute atomic E-state index is 10.2. The van der Waals surface area contributed by atoms with Crippen molar-refractivity contribution in [3.63, 3.8) is 0 Å². The highest BCUT2D eigenvalue weighted by atomic mass is 31.2. The standard InChI is InChI=1S/C12H26O3P/c1-2-3-4-5-6-7-8-9-10-11-12-15-16(13)14/h13H,2-12H2,1H3/q-1. The Morgan fingerprint density at radius 3 is 1.75 bits per heavy atom. The second-order valence-electron chi connectivity index (χ2n) is 4.25. The molecule has 0 aliphatic carbocycles. The quantitative estimate of drug-likeness (QED) is 0.425. The maximum Gasteiger partial charge on any atom is 0.0792 e. The van der Waals surface area contributed by atoms with Crippen molar-refractivity contribution in [3.8, 4) is 0 Å². The van der Waals surface area contributed by atoms with Crippen LogP contribution in [0.1, 0.15) is 71.1 Å². The van der Waals surface area contributed by atoms with Gasteiger partial charge < -0.3 is 14.3 Å². The van der Waals surface area contributed by atoms with Crippen molar-refractivity contribution < 1.29 is 14.3 Å². The molecular formula is C12H26O3P-. The van der Waals surface area contributed by atoms with Gasteiger partial charge in [-0.25, -0.2) is 0 Å². The molecular weight excluding hydrogens is 223 g/mol. The lowest BCUT2D eigenvalue weighted by atomic mass is 10.1. The van der Waals surface area contributed by atoms with Gasteiger partial charge in [0.2, 0.25) is 0 Å². The van der Waals surface area contributed by atoms with Gasteiger partial charge in [0.05, 0.1) is 15.2 Å². The highest BCUT2D eigenvalue weighted by molar-refractivity contribution is 7.37. The van der Waals surface area contributed by atoms with Gasteiger partial charge in [0.1, 0.15) is 0 Å². The van der Waals surface area contributed by atoms with Crippen molar-refractivity contribution in [1.82, 2.24) is 0 Å². The minimum atomic E-state index is -2.39. The summed E-state index contributed by atoms with van der Waals surface area (Å²) in [6.07, 6.45) is 12.7. The van der Waals surface area contributed by atoms with Gasteiger partial charge in [0, 0.05) is 0 Å². The zero-order chi connectivity index (χ0) is 12.1. The van der Waals surface area contributed by atoms with E-state index in [1.807, 2.05) is 0 Å². The monoisotopic (exact) mass is 249 g/mol. The molecule has 3 nitrogen and oxygen atoms in total. The molecule has 0 saturated carbocycles. The van der Waals surface area contributed by atoms with Crippen LogP contribution in [0.2, 0.25) is 0 Å². The van der Waals surface area contributed by atoms with E-state index in [4.69, 9.17) is 4.89 Å². The number of unbranched alkanes of at least 4 members (excludes halogenated alkanes) is 9. The lowest BCUT2D eigenvalue weighted by Gasteiger charge is -2.13. The summed E-state index contributed by atoms with van der Waals surface area (Å²) in [7, 11) is -2.39. The van der Waals surface area contributed by atoms with Crippen LogP contribution in [0.3, 0.4) is 0 Å². The van der Waals surface area contributed by atoms with Crippen LogP contribution in [0.15, 0.2) is 0 Å². The molecule has 0 aliphatic rings. The summed E-state index contributed by atoms with van der Waals surface area (Å²) in [5.41, 5.74) is 0. The maximum atomic E-state index is 10.2. The van der Waals surface area contributed by atoms with E-state index in [-0.39, 0.29) is 0 Å². The number of rotatable bonds is 12. The largest absolute Gasteiger partial charge is 0.786 e. The third-order valence-electron chi connectivity index (χ3n) is 2.70. The Bertz CT molecular complexity index is 131. The molecule has 4 heteroatoms. The van der Waals surface area contributed by atoms with Crippen LogP contribution in [-0.2, 0) is 4.52 Å². The van der Waals surface area contributed by atoms with Crippen LogP contribution in [0.25, 0.3) is 0 Å². The molecule has 0 aromatic heterocycles. The van der Waals surface area contributed by atoms with Crippen LogP contribution in [0.4, 0.5) is 0 Å². The van der Waals surface area contributed by atoms with Crippen LogP contribution in [0.5, 0.6) is 0 Å². The van der Waals surface area contributed by atoms with Crippen molar-refractivity contribution in [2.24, 2.45) is 0 Å². The van der Waals surface area contributed by atoms with E-state index in [1.54, 1.807) is 0 Å². The van der Waals surface area contributed by atoms with Crippen LogP contribution in [-0.4, -0.2) is 11.5 Å². The first-order chi connectivity index (χ1) is 7.77. The second kappa shape index (κ2) is 13.4. The summed E-state index contributed by atoms with van der Waals surface area (Å²) in [4.78, 5) is 18.6. The summed E-state index contributed by atoms with van der Waals surface area (Å²) >= 11 is 0. The lowest BCUT2D eigenvalue weighted by Crippen LogP contribution is -1.99. The van der Waals surface area contributed by atoms with E-state index in [0.29, 0.717) is 6.61 Å². The predicted octanol–water partition coefficient (Wildman–Crippen LogP) is 3.50. The minimum absolute atomic E-state index is 0.419. The molecule has 0 aliphatic heterocycles. The van der Waals surface area contributed by atoms with Gasteiger partial charge in [0.25, 0.3) is 0 Å². The molecule has 0 rings (SSSR count). The third-order valence-corrected chi connectivity index (χ3v) is 3.10. The highest BCUT2D eigenvalue weighted by Gasteiger charge is 1.93. The normalized spacial score (nSPS) is 12.9. The molecule has 0 radical (unpaired) electrons. The average Bonchev–Trinajstić information content (AvgIpc) is 2.25. The molecule has 1 N–H and O–H groups in total. The Balaban J connectivity index is 2.88. The van der Waals surface area contributed by atoms with Gasteiger partial charge in [0.15, 0.2) is 0 Å². The highest BCUT2D eigenvalue weighted by Crippen LogP contribution is 2.19. The summed E-state index contributed by atoms with van der Waals surface area (Å²) in [5, 5.41) is 0. The molecule has 0 fully saturated rings. The Labute approximate surface area is 101 Å². The minimum Gasteiger partial charge on any atom is -0.786 e. The van der Waals surface area contributed by atoms with Gasteiger partial charge in [-0.15, -0.1) is 0 Å². The first kappa shape index (κ1) is 16.3. The smallest absolute Gasteiger partial charge is 0.0792 e. The molecule has 16 heavy (non-hydrogen) atoms. The molecule has 98 valence electrons. The molecule has 1 unspecified atom stereocenters. The van der Waals surface area contributed by atoms with Gasteiger partial charge in [-0.2, -0.15) is 0 Å². The second-order valence-corrected chi connectivity index (χ2v) is 4.99. The Kier molecular flexibility index (Phi) is 13.6. The lowest BCUT2D eigenvalue weighted by molar-refractivity contribution is -0.199. The van der Waals surface area contributed by atoms with E-state index in [0.717, 1.165) is 12.8 Å². The third kappa shape index (κ3) is 14.3. The average molecular weight is 249 g/mol. The zero-order valence-electron chi connectivity index (χ0n) is 10.5. The van der Waals surface area contributed by atoms with Crippen LogP contribution in [0, 0.1) is 0 Å². The van der Waals surface area contributed by atoms with Crippen molar-refractivity contribution in [2.45, 2.75) is 71.1 Å². The first-order valence-corrected chi connectivity index (χ1v) is 7.69. The fourth-order valence-electron chi connectivity index (χ4n) is 1.73. The number of hydrogen-bond donors (Lipinski definition) is 1. The molecule has 0 saturated heterocycles. The summed E-state index contributed by atoms with van der Waals surface area (Å²) < 4.78 is 4.58. The van der Waals surface area contributed by atoms with Crippen molar-refractivity contribution in [2.75, 3.05) is 6.61 Å². The van der Waals surface area contributed by atoms with Gasteiger partial charge in [-0.3, -0.25) is 0 Å². The fraction of sp³-hybridized carbons (Fsp3) is 1.00. The van der Waals surface area contributed by atoms with Gasteiger partial charge in [-0.05, 0) is 6.42 Å². The van der Waals surface area contributed by atoms with Crippen LogP contribution < -0.4 is 4.89 Å². The Morgan fingerprint density at radius 2 is 1.31 bits per heavy atom. The van der Waals surface area contributed by atoms with Crippen molar-refractivity contribution in [3.05, 3.63) is 0 Å². The summed E-state index contributed by atoms with van der Waals surface area (Å²) in [5.74, 6) is 0. The van der Waals surface area contributed by atoms with E-state index >= 15 is 0 Å². The van der Waals surface area contributed by atoms with Gasteiger partial charge in [-0.1, -0.05) is 64.7 Å². The molecule has 0 aromatic carbocycles. The SMILES string of the molecule is CCCCCCCCCCCCOP([O-])O. The molecule has 0 heterocycles. The van der Waals surface area contributed by atoms with Gasteiger partial charge >= 0.3 is 0 Å². The topological polar surface area (TPSA) is 52.5 Å². The molecule has 0 aromatic rings. The van der Waals surface area contributed by atoms with E-state index < -0.39 is 8.60 Å². The van der Waals surface area contributed by atoms with Crippen molar-refractivity contribution in [1.29, 1.82) is 0 Å². The zero-order valence-corrected chi connectivity index (χ0v) is 11.4. The van der Waals surface area contributed by atoms with E-state index in [1.165, 1.54) is 51.4 Å². The Hall–Kier alpha value is 0.310. The van der Waals surface area contributed by atoms with Crippen molar-refractivity contribution >= 4 is 8.60 Å². The summed E-state index contributed by atoms with van der Waals surface area (Å²) in [6.45, 7) is 2.66. The van der Waals surface area contributed by atoms with Crippen LogP contribution >= 0.6 is 8.60 Å². The molecule has 0 amide bonds. The Morgan fingerprint density at radius 1 is 0.875 bits per heavy atom. The number of hydrogen-bond acceptors (Lipinski definition) is 3. The first-order valence-electron chi connectivity index (χ1n) is 6.56. The van der Waals surface area contributed by atoms with E-state index in [2.05, 4.69) is 11.4 Å². The fourth-order valence-corrected chi connectivity index (χ4v) is 2.02. The summed E-state index contributed by atoms with van der Waals surface area (Å²) in [6, 6.07) is 0. The molecule has 0 spiro atoms. The predicted molar refractivity (Wildman–Crippen MR) is 66.9 cm³/mol. The molecule has 1 atom stereocenters. The van der Waals surface area contributed by atoms with E-state index in [9.17, 15) is 4.89 Å².